The summed E-state index contributed by atoms with van der Waals surface area (Å²) >= 11 is 0. The summed E-state index contributed by atoms with van der Waals surface area (Å²) in [7, 11) is 0. The summed E-state index contributed by atoms with van der Waals surface area (Å²) in [5.74, 6) is -0.360. The molecule has 2 amide bonds. The molecule has 0 aliphatic carbocycles. The van der Waals surface area contributed by atoms with Gasteiger partial charge in [-0.2, -0.15) is 13.2 Å². The van der Waals surface area contributed by atoms with E-state index in [1.807, 2.05) is 54.8 Å². The maximum Gasteiger partial charge on any atom is 0.416 e. The van der Waals surface area contributed by atoms with Gasteiger partial charge >= 0.3 is 6.18 Å². The molecule has 2 aromatic carbocycles. The lowest BCUT2D eigenvalue weighted by Gasteiger charge is -2.28. The third-order valence-electron chi connectivity index (χ3n) is 7.01. The minimum absolute atomic E-state index is 0.0272. The second-order valence-corrected chi connectivity index (χ2v) is 11.1. The Hall–Kier alpha value is -3.55. The molecule has 0 saturated carbocycles. The molecule has 0 radical (unpaired) electrons. The third-order valence-corrected chi connectivity index (χ3v) is 7.01. The first-order chi connectivity index (χ1) is 18.8. The molecule has 0 spiro atoms. The zero-order chi connectivity index (χ0) is 29.5. The lowest BCUT2D eigenvalue weighted by atomic mass is 9.86. The Labute approximate surface area is 235 Å². The molecule has 3 aromatic rings. The molecular weight excluding hydrogens is 515 g/mol. The number of nitrogens with zero attached hydrogens (tertiary/aromatic N) is 3. The van der Waals surface area contributed by atoms with Crippen LogP contribution in [-0.4, -0.2) is 45.8 Å². The second-order valence-electron chi connectivity index (χ2n) is 11.1. The van der Waals surface area contributed by atoms with Crippen molar-refractivity contribution < 1.29 is 22.8 Å². The van der Waals surface area contributed by atoms with Gasteiger partial charge in [0, 0.05) is 37.1 Å². The molecule has 40 heavy (non-hydrogen) atoms. The van der Waals surface area contributed by atoms with Crippen molar-refractivity contribution in [1.29, 1.82) is 0 Å². The fourth-order valence-corrected chi connectivity index (χ4v) is 4.51. The van der Waals surface area contributed by atoms with E-state index in [2.05, 4.69) is 20.8 Å². The summed E-state index contributed by atoms with van der Waals surface area (Å²) in [5.41, 5.74) is 2.30. The minimum Gasteiger partial charge on any atom is -0.345 e. The van der Waals surface area contributed by atoms with E-state index in [1.54, 1.807) is 22.1 Å². The number of unbranched alkanes of at least 4 members (excludes halogenated alkanes) is 1. The fourth-order valence-electron chi connectivity index (χ4n) is 4.51. The van der Waals surface area contributed by atoms with Gasteiger partial charge in [-0.15, -0.1) is 0 Å². The zero-order valence-corrected chi connectivity index (χ0v) is 24.1. The number of amides is 2. The number of carbonyl (C=O) groups is 2. The number of hydrogen-bond donors (Lipinski definition) is 0. The van der Waals surface area contributed by atoms with Crippen molar-refractivity contribution in [2.24, 2.45) is 0 Å². The van der Waals surface area contributed by atoms with Gasteiger partial charge in [0.2, 0.25) is 5.91 Å². The summed E-state index contributed by atoms with van der Waals surface area (Å²) in [6.45, 7) is 11.7. The number of carbonyl (C=O) groups excluding carboxylic acids is 2. The largest absolute Gasteiger partial charge is 0.416 e. The molecule has 0 fully saturated rings. The van der Waals surface area contributed by atoms with Gasteiger partial charge in [-0.3, -0.25) is 9.59 Å². The van der Waals surface area contributed by atoms with E-state index >= 15 is 0 Å². The fraction of sp³-hybridized carbons (Fsp3) is 0.438. The molecular formula is C32H40F3N3O2. The summed E-state index contributed by atoms with van der Waals surface area (Å²) in [4.78, 5) is 30.0. The van der Waals surface area contributed by atoms with Gasteiger partial charge in [0.15, 0.2) is 0 Å². The molecule has 0 aliphatic rings. The Bertz CT molecular complexity index is 1270. The highest BCUT2D eigenvalue weighted by atomic mass is 19.4. The van der Waals surface area contributed by atoms with Crippen LogP contribution in [0.5, 0.6) is 0 Å². The Balaban J connectivity index is 1.74. The Morgan fingerprint density at radius 1 is 0.875 bits per heavy atom. The van der Waals surface area contributed by atoms with Gasteiger partial charge in [0.25, 0.3) is 5.91 Å². The molecule has 8 heteroatoms. The normalized spacial score (nSPS) is 11.9. The average molecular weight is 556 g/mol. The topological polar surface area (TPSA) is 45.6 Å². The van der Waals surface area contributed by atoms with E-state index in [-0.39, 0.29) is 30.3 Å². The standard InChI is InChI=1S/C32H40F3N3O2/c1-6-8-18-38(22-28-13-10-19-37(28)21-24-11-9-12-27(20-24)32(33,34)35)29(39)23-36(7-2)30(40)25-14-16-26(17-15-25)31(3,4)5/h9-17,19-20H,6-8,18,21-23H2,1-5H3. The third kappa shape index (κ3) is 8.23. The maximum atomic E-state index is 13.5. The number of alkyl halides is 3. The van der Waals surface area contributed by atoms with Crippen LogP contribution in [-0.2, 0) is 29.5 Å². The molecule has 0 aliphatic heterocycles. The van der Waals surface area contributed by atoms with Crippen LogP contribution in [0.25, 0.3) is 0 Å². The van der Waals surface area contributed by atoms with Crippen molar-refractivity contribution in [2.75, 3.05) is 19.6 Å². The molecule has 3 rings (SSSR count). The monoisotopic (exact) mass is 555 g/mol. The highest BCUT2D eigenvalue weighted by Crippen LogP contribution is 2.30. The molecule has 1 heterocycles. The molecule has 216 valence electrons. The molecule has 0 bridgehead atoms. The van der Waals surface area contributed by atoms with Crippen LogP contribution in [0, 0.1) is 0 Å². The van der Waals surface area contributed by atoms with Crippen LogP contribution in [0.15, 0.2) is 66.9 Å². The van der Waals surface area contributed by atoms with Crippen LogP contribution >= 0.6 is 0 Å². The zero-order valence-electron chi connectivity index (χ0n) is 24.1. The summed E-state index contributed by atoms with van der Waals surface area (Å²) in [6, 6.07) is 16.5. The first kappa shape index (κ1) is 31.0. The van der Waals surface area contributed by atoms with Crippen molar-refractivity contribution in [3.05, 3.63) is 94.8 Å². The lowest BCUT2D eigenvalue weighted by Crippen LogP contribution is -2.43. The SMILES string of the molecule is CCCCN(Cc1cccn1Cc1cccc(C(F)(F)F)c1)C(=O)CN(CC)C(=O)c1ccc(C(C)(C)C)cc1. The van der Waals surface area contributed by atoms with Gasteiger partial charge in [-0.25, -0.2) is 0 Å². The second kappa shape index (κ2) is 13.2. The Morgan fingerprint density at radius 3 is 2.17 bits per heavy atom. The van der Waals surface area contributed by atoms with Gasteiger partial charge in [0.1, 0.15) is 6.54 Å². The van der Waals surface area contributed by atoms with E-state index in [0.29, 0.717) is 30.8 Å². The predicted molar refractivity (Wildman–Crippen MR) is 152 cm³/mol. The lowest BCUT2D eigenvalue weighted by molar-refractivity contribution is -0.137. The number of hydrogen-bond acceptors (Lipinski definition) is 2. The van der Waals surface area contributed by atoms with E-state index in [9.17, 15) is 22.8 Å². The van der Waals surface area contributed by atoms with Gasteiger partial charge in [-0.1, -0.05) is 58.4 Å². The number of benzene rings is 2. The number of halogens is 3. The Kier molecular flexibility index (Phi) is 10.2. The molecule has 0 N–H and O–H groups in total. The minimum atomic E-state index is -4.41. The van der Waals surface area contributed by atoms with Crippen molar-refractivity contribution >= 4 is 11.8 Å². The van der Waals surface area contributed by atoms with Crippen molar-refractivity contribution in [1.82, 2.24) is 14.4 Å². The van der Waals surface area contributed by atoms with Crippen LogP contribution in [0.4, 0.5) is 13.2 Å². The Morgan fingerprint density at radius 2 is 1.57 bits per heavy atom. The number of likely N-dealkylation sites (N-methyl/N-ethyl adjacent to an activating group) is 1. The molecule has 1 aromatic heterocycles. The molecule has 0 saturated heterocycles. The molecule has 0 unspecified atom stereocenters. The van der Waals surface area contributed by atoms with E-state index in [0.717, 1.165) is 36.2 Å². The van der Waals surface area contributed by atoms with Gasteiger partial charge in [0.05, 0.1) is 12.1 Å². The van der Waals surface area contributed by atoms with Gasteiger partial charge in [-0.05, 0) is 66.3 Å². The van der Waals surface area contributed by atoms with Crippen LogP contribution < -0.4 is 0 Å². The highest BCUT2D eigenvalue weighted by Gasteiger charge is 2.30. The van der Waals surface area contributed by atoms with Gasteiger partial charge < -0.3 is 14.4 Å². The van der Waals surface area contributed by atoms with Crippen LogP contribution in [0.3, 0.4) is 0 Å². The number of rotatable bonds is 11. The van der Waals surface area contributed by atoms with Crippen molar-refractivity contribution in [2.45, 2.75) is 72.1 Å². The van der Waals surface area contributed by atoms with Crippen molar-refractivity contribution in [3.63, 3.8) is 0 Å². The summed E-state index contributed by atoms with van der Waals surface area (Å²) < 4.78 is 41.4. The first-order valence-corrected chi connectivity index (χ1v) is 13.8. The van der Waals surface area contributed by atoms with E-state index in [4.69, 9.17) is 0 Å². The molecule has 5 nitrogen and oxygen atoms in total. The summed E-state index contributed by atoms with van der Waals surface area (Å²) in [6.07, 6.45) is -0.905. The van der Waals surface area contributed by atoms with Crippen LogP contribution in [0.1, 0.15) is 80.2 Å². The van der Waals surface area contributed by atoms with Crippen LogP contribution in [0.2, 0.25) is 0 Å². The first-order valence-electron chi connectivity index (χ1n) is 13.8. The predicted octanol–water partition coefficient (Wildman–Crippen LogP) is 7.14. The number of aromatic nitrogens is 1. The molecule has 0 atom stereocenters. The smallest absolute Gasteiger partial charge is 0.345 e. The maximum absolute atomic E-state index is 13.5. The average Bonchev–Trinajstić information content (AvgIpc) is 3.34. The van der Waals surface area contributed by atoms with E-state index < -0.39 is 11.7 Å². The highest BCUT2D eigenvalue weighted by molar-refractivity contribution is 5.96. The quantitative estimate of drug-likeness (QED) is 0.252. The summed E-state index contributed by atoms with van der Waals surface area (Å²) in [5, 5.41) is 0. The van der Waals surface area contributed by atoms with Crippen molar-refractivity contribution in [3.8, 4) is 0 Å². The van der Waals surface area contributed by atoms with E-state index in [1.165, 1.54) is 6.07 Å².